The lowest BCUT2D eigenvalue weighted by Gasteiger charge is -2.10. The molecule has 0 fully saturated rings. The Morgan fingerprint density at radius 1 is 1.69 bits per heavy atom. The summed E-state index contributed by atoms with van der Waals surface area (Å²) in [5, 5.41) is 0. The fraction of sp³-hybridized carbons (Fsp3) is 0.444. The van der Waals surface area contributed by atoms with E-state index in [9.17, 15) is 4.79 Å². The fourth-order valence-corrected chi connectivity index (χ4v) is 1.41. The second-order valence-corrected chi connectivity index (χ2v) is 3.84. The minimum atomic E-state index is -0.0219. The Labute approximate surface area is 85.7 Å². The quantitative estimate of drug-likeness (QED) is 0.873. The van der Waals surface area contributed by atoms with E-state index in [1.54, 1.807) is 16.8 Å². The van der Waals surface area contributed by atoms with Crippen molar-refractivity contribution in [3.63, 3.8) is 0 Å². The second-order valence-electron chi connectivity index (χ2n) is 2.98. The highest BCUT2D eigenvalue weighted by atomic mass is 79.9. The Morgan fingerprint density at radius 3 is 3.00 bits per heavy atom. The van der Waals surface area contributed by atoms with Gasteiger partial charge in [-0.2, -0.15) is 0 Å². The van der Waals surface area contributed by atoms with Crippen LogP contribution in [0.1, 0.15) is 13.3 Å². The highest BCUT2D eigenvalue weighted by molar-refractivity contribution is 9.10. The normalized spacial score (nSPS) is 12.8. The molecular weight excluding hydrogens is 232 g/mol. The molecule has 3 nitrogen and oxygen atoms in total. The number of nitrogens with two attached hydrogens (primary N) is 1. The summed E-state index contributed by atoms with van der Waals surface area (Å²) < 4.78 is 2.21. The highest BCUT2D eigenvalue weighted by Crippen LogP contribution is 2.01. The third-order valence-corrected chi connectivity index (χ3v) is 2.53. The third kappa shape index (κ3) is 2.67. The maximum Gasteiger partial charge on any atom is 0.264 e. The lowest BCUT2D eigenvalue weighted by molar-refractivity contribution is 0.526. The van der Waals surface area contributed by atoms with Gasteiger partial charge in [-0.3, -0.25) is 4.79 Å². The smallest absolute Gasteiger partial charge is 0.264 e. The largest absolute Gasteiger partial charge is 0.326 e. The van der Waals surface area contributed by atoms with Crippen LogP contribution in [0, 0.1) is 0 Å². The predicted octanol–water partition coefficient (Wildman–Crippen LogP) is 1.35. The molecule has 0 saturated carbocycles. The summed E-state index contributed by atoms with van der Waals surface area (Å²) in [6.45, 7) is 2.59. The van der Waals surface area contributed by atoms with E-state index in [2.05, 4.69) is 15.9 Å². The van der Waals surface area contributed by atoms with Crippen LogP contribution < -0.4 is 11.3 Å². The molecule has 2 N–H and O–H groups in total. The molecule has 0 aliphatic heterocycles. The molecule has 13 heavy (non-hydrogen) atoms. The van der Waals surface area contributed by atoms with Crippen molar-refractivity contribution >= 4 is 15.9 Å². The van der Waals surface area contributed by atoms with Gasteiger partial charge in [0, 0.05) is 18.8 Å². The monoisotopic (exact) mass is 244 g/mol. The van der Waals surface area contributed by atoms with Crippen molar-refractivity contribution in [2.45, 2.75) is 25.9 Å². The van der Waals surface area contributed by atoms with Crippen LogP contribution in [0.2, 0.25) is 0 Å². The summed E-state index contributed by atoms with van der Waals surface area (Å²) in [5.41, 5.74) is 5.73. The van der Waals surface area contributed by atoms with Gasteiger partial charge in [-0.1, -0.05) is 6.92 Å². The van der Waals surface area contributed by atoms with Crippen LogP contribution in [-0.4, -0.2) is 10.6 Å². The summed E-state index contributed by atoms with van der Waals surface area (Å²) in [6, 6.07) is 3.61. The third-order valence-electron chi connectivity index (χ3n) is 1.93. The molecule has 1 aromatic heterocycles. The lowest BCUT2D eigenvalue weighted by atomic mass is 10.2. The van der Waals surface area contributed by atoms with Gasteiger partial charge in [0.15, 0.2) is 0 Å². The summed E-state index contributed by atoms with van der Waals surface area (Å²) in [5.74, 6) is 0. The zero-order valence-corrected chi connectivity index (χ0v) is 9.12. The summed E-state index contributed by atoms with van der Waals surface area (Å²) in [7, 11) is 0. The van der Waals surface area contributed by atoms with Crippen molar-refractivity contribution in [1.29, 1.82) is 0 Å². The standard InChI is InChI=1S/C9H13BrN2O/c1-2-7(11)6-12-5-3-4-8(10)9(12)13/h3-5,7H,2,6,11H2,1H3. The first kappa shape index (κ1) is 10.5. The zero-order valence-electron chi connectivity index (χ0n) is 7.53. The van der Waals surface area contributed by atoms with Gasteiger partial charge in [0.05, 0.1) is 4.47 Å². The van der Waals surface area contributed by atoms with Gasteiger partial charge in [-0.05, 0) is 34.5 Å². The number of rotatable bonds is 3. The van der Waals surface area contributed by atoms with Gasteiger partial charge >= 0.3 is 0 Å². The first-order valence-electron chi connectivity index (χ1n) is 4.25. The number of halogens is 1. The van der Waals surface area contributed by atoms with Crippen LogP contribution in [0.3, 0.4) is 0 Å². The molecule has 72 valence electrons. The van der Waals surface area contributed by atoms with Crippen LogP contribution in [-0.2, 0) is 6.54 Å². The number of hydrogen-bond acceptors (Lipinski definition) is 2. The molecule has 1 rings (SSSR count). The van der Waals surface area contributed by atoms with Crippen molar-refractivity contribution in [1.82, 2.24) is 4.57 Å². The molecule has 1 unspecified atom stereocenters. The molecule has 0 bridgehead atoms. The van der Waals surface area contributed by atoms with Crippen LogP contribution in [0.15, 0.2) is 27.6 Å². The van der Waals surface area contributed by atoms with Gasteiger partial charge < -0.3 is 10.3 Å². The Hall–Kier alpha value is -0.610. The van der Waals surface area contributed by atoms with E-state index >= 15 is 0 Å². The Bertz CT molecular complexity index is 335. The Kier molecular flexibility index (Phi) is 3.69. The van der Waals surface area contributed by atoms with E-state index in [4.69, 9.17) is 5.73 Å². The van der Waals surface area contributed by atoms with E-state index in [0.29, 0.717) is 11.0 Å². The minimum absolute atomic E-state index is 0.0219. The number of nitrogens with zero attached hydrogens (tertiary/aromatic N) is 1. The van der Waals surface area contributed by atoms with Gasteiger partial charge in [-0.15, -0.1) is 0 Å². The minimum Gasteiger partial charge on any atom is -0.326 e. The van der Waals surface area contributed by atoms with E-state index < -0.39 is 0 Å². The van der Waals surface area contributed by atoms with Crippen LogP contribution in [0.25, 0.3) is 0 Å². The second kappa shape index (κ2) is 4.58. The average Bonchev–Trinajstić information content (AvgIpc) is 2.13. The molecular formula is C9H13BrN2O. The molecule has 0 aliphatic carbocycles. The van der Waals surface area contributed by atoms with Gasteiger partial charge in [0.25, 0.3) is 5.56 Å². The van der Waals surface area contributed by atoms with E-state index in [1.165, 1.54) is 0 Å². The fourth-order valence-electron chi connectivity index (χ4n) is 1.03. The number of aromatic nitrogens is 1. The van der Waals surface area contributed by atoms with Crippen molar-refractivity contribution < 1.29 is 0 Å². The molecule has 1 heterocycles. The van der Waals surface area contributed by atoms with Crippen molar-refractivity contribution in [3.05, 3.63) is 33.2 Å². The lowest BCUT2D eigenvalue weighted by Crippen LogP contribution is -2.31. The summed E-state index contributed by atoms with van der Waals surface area (Å²) in [4.78, 5) is 11.5. The maximum absolute atomic E-state index is 11.5. The van der Waals surface area contributed by atoms with Crippen molar-refractivity contribution in [2.75, 3.05) is 0 Å². The SMILES string of the molecule is CCC(N)Cn1cccc(Br)c1=O. The zero-order chi connectivity index (χ0) is 9.84. The number of hydrogen-bond donors (Lipinski definition) is 1. The molecule has 0 amide bonds. The topological polar surface area (TPSA) is 48.0 Å². The molecule has 0 radical (unpaired) electrons. The van der Waals surface area contributed by atoms with Crippen LogP contribution in [0.5, 0.6) is 0 Å². The molecule has 1 aromatic rings. The molecule has 4 heteroatoms. The molecule has 0 aliphatic rings. The first-order chi connectivity index (χ1) is 6.15. The van der Waals surface area contributed by atoms with Crippen LogP contribution in [0.4, 0.5) is 0 Å². The van der Waals surface area contributed by atoms with Crippen molar-refractivity contribution in [2.24, 2.45) is 5.73 Å². The van der Waals surface area contributed by atoms with E-state index in [1.807, 2.05) is 13.0 Å². The molecule has 0 spiro atoms. The van der Waals surface area contributed by atoms with Crippen LogP contribution >= 0.6 is 15.9 Å². The number of pyridine rings is 1. The molecule has 1 atom stereocenters. The first-order valence-corrected chi connectivity index (χ1v) is 5.05. The van der Waals surface area contributed by atoms with Gasteiger partial charge in [0.1, 0.15) is 0 Å². The molecule has 0 saturated heterocycles. The van der Waals surface area contributed by atoms with Gasteiger partial charge in [0.2, 0.25) is 0 Å². The van der Waals surface area contributed by atoms with Gasteiger partial charge in [-0.25, -0.2) is 0 Å². The summed E-state index contributed by atoms with van der Waals surface area (Å²) >= 11 is 3.18. The average molecular weight is 245 g/mol. The van der Waals surface area contributed by atoms with E-state index in [0.717, 1.165) is 6.42 Å². The molecule has 0 aromatic carbocycles. The van der Waals surface area contributed by atoms with Crippen molar-refractivity contribution in [3.8, 4) is 0 Å². The highest BCUT2D eigenvalue weighted by Gasteiger charge is 2.03. The predicted molar refractivity (Wildman–Crippen MR) is 56.7 cm³/mol. The Balaban J connectivity index is 2.89. The van der Waals surface area contributed by atoms with E-state index in [-0.39, 0.29) is 11.6 Å². The summed E-state index contributed by atoms with van der Waals surface area (Å²) in [6.07, 6.45) is 2.63. The maximum atomic E-state index is 11.5. The Morgan fingerprint density at radius 2 is 2.38 bits per heavy atom.